The van der Waals surface area contributed by atoms with Crippen LogP contribution in [-0.4, -0.2) is 11.6 Å². The Morgan fingerprint density at radius 3 is 2.10 bits per heavy atom. The fourth-order valence-electron chi connectivity index (χ4n) is 2.34. The number of carbonyl (C=O) groups excluding carboxylic acids is 2. The van der Waals surface area contributed by atoms with Gasteiger partial charge in [0.2, 0.25) is 0 Å². The quantitative estimate of drug-likeness (QED) is 0.811. The minimum absolute atomic E-state index is 0.0363. The first-order valence-electron chi connectivity index (χ1n) is 7.04. The molecule has 4 heteroatoms. The molecular weight excluding hydrogens is 274 g/mol. The Hall–Kier alpha value is -1.58. The van der Waals surface area contributed by atoms with E-state index in [0.29, 0.717) is 0 Å². The second kappa shape index (κ2) is 6.46. The van der Waals surface area contributed by atoms with Crippen LogP contribution in [0.5, 0.6) is 0 Å². The van der Waals surface area contributed by atoms with Gasteiger partial charge in [-0.05, 0) is 31.2 Å². The highest BCUT2D eigenvalue weighted by Crippen LogP contribution is 2.32. The van der Waals surface area contributed by atoms with Gasteiger partial charge in [0.1, 0.15) is 11.6 Å². The summed E-state index contributed by atoms with van der Waals surface area (Å²) in [5, 5.41) is 0. The molecule has 1 unspecified atom stereocenters. The molecule has 0 saturated heterocycles. The number of carbonyl (C=O) groups is 2. The average molecular weight is 296 g/mol. The minimum Gasteiger partial charge on any atom is -0.300 e. The summed E-state index contributed by atoms with van der Waals surface area (Å²) in [6.45, 7) is 8.13. The van der Waals surface area contributed by atoms with E-state index in [2.05, 4.69) is 0 Å². The zero-order valence-electron chi connectivity index (χ0n) is 13.2. The van der Waals surface area contributed by atoms with Crippen molar-refractivity contribution in [1.29, 1.82) is 0 Å². The number of ketones is 2. The van der Waals surface area contributed by atoms with Crippen molar-refractivity contribution >= 4 is 11.6 Å². The fraction of sp³-hybridized carbons (Fsp3) is 0.529. The molecule has 116 valence electrons. The van der Waals surface area contributed by atoms with Crippen molar-refractivity contribution in [1.82, 2.24) is 0 Å². The maximum atomic E-state index is 14.3. The summed E-state index contributed by atoms with van der Waals surface area (Å²) in [4.78, 5) is 22.8. The van der Waals surface area contributed by atoms with Gasteiger partial charge in [0.15, 0.2) is 11.6 Å². The normalized spacial score (nSPS) is 13.1. The molecule has 1 atom stereocenters. The monoisotopic (exact) mass is 296 g/mol. The SMILES string of the molecule is CC(=O)CCC(C(C)=O)c1ccc(C(C)(C)C)c(F)c1F. The van der Waals surface area contributed by atoms with Gasteiger partial charge in [-0.3, -0.25) is 4.79 Å². The summed E-state index contributed by atoms with van der Waals surface area (Å²) in [6, 6.07) is 2.99. The van der Waals surface area contributed by atoms with E-state index < -0.39 is 23.0 Å². The third-order valence-electron chi connectivity index (χ3n) is 3.57. The molecule has 0 bridgehead atoms. The van der Waals surface area contributed by atoms with Crippen LogP contribution in [0.15, 0.2) is 12.1 Å². The molecule has 0 spiro atoms. The van der Waals surface area contributed by atoms with Crippen LogP contribution in [0.3, 0.4) is 0 Å². The molecule has 0 aromatic heterocycles. The highest BCUT2D eigenvalue weighted by atomic mass is 19.2. The third kappa shape index (κ3) is 4.19. The van der Waals surface area contributed by atoms with Crippen LogP contribution in [0, 0.1) is 11.6 Å². The molecule has 1 rings (SSSR count). The summed E-state index contributed by atoms with van der Waals surface area (Å²) in [5.74, 6) is -3.01. The minimum atomic E-state index is -0.980. The van der Waals surface area contributed by atoms with Gasteiger partial charge in [0.25, 0.3) is 0 Å². The lowest BCUT2D eigenvalue weighted by Gasteiger charge is -2.22. The zero-order chi connectivity index (χ0) is 16.4. The molecule has 0 aliphatic heterocycles. The van der Waals surface area contributed by atoms with Gasteiger partial charge in [0.05, 0.1) is 0 Å². The molecule has 0 N–H and O–H groups in total. The summed E-state index contributed by atoms with van der Waals surface area (Å²) in [5.41, 5.74) is -0.207. The van der Waals surface area contributed by atoms with Gasteiger partial charge in [-0.15, -0.1) is 0 Å². The summed E-state index contributed by atoms with van der Waals surface area (Å²) >= 11 is 0. The Labute approximate surface area is 124 Å². The van der Waals surface area contributed by atoms with E-state index in [-0.39, 0.29) is 35.5 Å². The molecule has 0 fully saturated rings. The van der Waals surface area contributed by atoms with E-state index in [1.807, 2.05) is 0 Å². The topological polar surface area (TPSA) is 34.1 Å². The molecule has 21 heavy (non-hydrogen) atoms. The van der Waals surface area contributed by atoms with E-state index in [9.17, 15) is 18.4 Å². The van der Waals surface area contributed by atoms with Gasteiger partial charge < -0.3 is 4.79 Å². The van der Waals surface area contributed by atoms with E-state index in [1.54, 1.807) is 20.8 Å². The van der Waals surface area contributed by atoms with E-state index in [4.69, 9.17) is 0 Å². The van der Waals surface area contributed by atoms with Gasteiger partial charge in [-0.1, -0.05) is 32.9 Å². The maximum Gasteiger partial charge on any atom is 0.163 e. The van der Waals surface area contributed by atoms with Crippen molar-refractivity contribution in [2.24, 2.45) is 0 Å². The Morgan fingerprint density at radius 2 is 1.67 bits per heavy atom. The van der Waals surface area contributed by atoms with Crippen LogP contribution >= 0.6 is 0 Å². The zero-order valence-corrected chi connectivity index (χ0v) is 13.2. The first kappa shape index (κ1) is 17.5. The van der Waals surface area contributed by atoms with Gasteiger partial charge in [0, 0.05) is 17.9 Å². The third-order valence-corrected chi connectivity index (χ3v) is 3.57. The number of hydrogen-bond acceptors (Lipinski definition) is 2. The molecular formula is C17H22F2O2. The lowest BCUT2D eigenvalue weighted by Crippen LogP contribution is -2.18. The van der Waals surface area contributed by atoms with Crippen LogP contribution in [0.25, 0.3) is 0 Å². The Balaban J connectivity index is 3.25. The molecule has 0 amide bonds. The molecule has 0 saturated carbocycles. The van der Waals surface area contributed by atoms with Crippen molar-refractivity contribution in [2.45, 2.75) is 58.8 Å². The highest BCUT2D eigenvalue weighted by Gasteiger charge is 2.27. The maximum absolute atomic E-state index is 14.3. The first-order valence-corrected chi connectivity index (χ1v) is 7.04. The van der Waals surface area contributed by atoms with Gasteiger partial charge in [-0.25, -0.2) is 8.78 Å². The standard InChI is InChI=1S/C17H22F2O2/c1-10(20)6-7-12(11(2)21)13-8-9-14(17(3,4)5)16(19)15(13)18/h8-9,12H,6-7H2,1-5H3. The van der Waals surface area contributed by atoms with Crippen molar-refractivity contribution in [3.8, 4) is 0 Å². The fourth-order valence-corrected chi connectivity index (χ4v) is 2.34. The lowest BCUT2D eigenvalue weighted by atomic mass is 9.83. The highest BCUT2D eigenvalue weighted by molar-refractivity contribution is 5.84. The van der Waals surface area contributed by atoms with E-state index in [1.165, 1.54) is 26.0 Å². The van der Waals surface area contributed by atoms with Crippen LogP contribution in [0.4, 0.5) is 8.78 Å². The van der Waals surface area contributed by atoms with Crippen LogP contribution in [-0.2, 0) is 15.0 Å². The van der Waals surface area contributed by atoms with Crippen LogP contribution in [0.1, 0.15) is 64.5 Å². The van der Waals surface area contributed by atoms with Crippen LogP contribution < -0.4 is 0 Å². The Morgan fingerprint density at radius 1 is 1.10 bits per heavy atom. The predicted molar refractivity (Wildman–Crippen MR) is 78.4 cm³/mol. The molecule has 0 radical (unpaired) electrons. The van der Waals surface area contributed by atoms with Crippen molar-refractivity contribution in [3.05, 3.63) is 34.9 Å². The van der Waals surface area contributed by atoms with E-state index in [0.717, 1.165) is 0 Å². The lowest BCUT2D eigenvalue weighted by molar-refractivity contribution is -0.119. The summed E-state index contributed by atoms with van der Waals surface area (Å²) < 4.78 is 28.5. The number of hydrogen-bond donors (Lipinski definition) is 0. The molecule has 1 aromatic carbocycles. The van der Waals surface area contributed by atoms with Gasteiger partial charge >= 0.3 is 0 Å². The molecule has 0 aliphatic rings. The average Bonchev–Trinajstić information content (AvgIpc) is 2.32. The number of halogens is 2. The number of benzene rings is 1. The second-order valence-electron chi connectivity index (χ2n) is 6.48. The summed E-state index contributed by atoms with van der Waals surface area (Å²) in [7, 11) is 0. The van der Waals surface area contributed by atoms with Crippen molar-refractivity contribution < 1.29 is 18.4 Å². The van der Waals surface area contributed by atoms with Gasteiger partial charge in [-0.2, -0.15) is 0 Å². The molecule has 0 heterocycles. The smallest absolute Gasteiger partial charge is 0.163 e. The molecule has 2 nitrogen and oxygen atoms in total. The largest absolute Gasteiger partial charge is 0.300 e. The Bertz CT molecular complexity index is 557. The second-order valence-corrected chi connectivity index (χ2v) is 6.48. The van der Waals surface area contributed by atoms with Crippen LogP contribution in [0.2, 0.25) is 0 Å². The Kier molecular flexibility index (Phi) is 5.37. The number of Topliss-reactive ketones (excluding diaryl/α,β-unsaturated/α-hetero) is 2. The predicted octanol–water partition coefficient (Wildman–Crippen LogP) is 4.30. The molecule has 1 aromatic rings. The van der Waals surface area contributed by atoms with Crippen molar-refractivity contribution in [3.63, 3.8) is 0 Å². The van der Waals surface area contributed by atoms with Crippen molar-refractivity contribution in [2.75, 3.05) is 0 Å². The number of rotatable bonds is 5. The molecule has 0 aliphatic carbocycles. The van der Waals surface area contributed by atoms with E-state index >= 15 is 0 Å². The summed E-state index contributed by atoms with van der Waals surface area (Å²) in [6.07, 6.45) is 0.377. The first-order chi connectivity index (χ1) is 9.55.